The van der Waals surface area contributed by atoms with Gasteiger partial charge in [-0.25, -0.2) is 0 Å². The second-order valence-electron chi connectivity index (χ2n) is 4.23. The summed E-state index contributed by atoms with van der Waals surface area (Å²) in [5, 5.41) is 8.81. The molecule has 0 aromatic heterocycles. The van der Waals surface area contributed by atoms with Gasteiger partial charge in [-0.15, -0.1) is 0 Å². The molecule has 1 saturated heterocycles. The van der Waals surface area contributed by atoms with Crippen molar-refractivity contribution < 1.29 is 5.11 Å². The van der Waals surface area contributed by atoms with E-state index in [9.17, 15) is 0 Å². The quantitative estimate of drug-likeness (QED) is 0.688. The van der Waals surface area contributed by atoms with Crippen LogP contribution in [0.25, 0.3) is 0 Å². The summed E-state index contributed by atoms with van der Waals surface area (Å²) >= 11 is 0. The fourth-order valence-electron chi connectivity index (χ4n) is 1.91. The highest BCUT2D eigenvalue weighted by molar-refractivity contribution is 4.82. The van der Waals surface area contributed by atoms with Crippen LogP contribution in [0.5, 0.6) is 0 Å². The summed E-state index contributed by atoms with van der Waals surface area (Å²) in [5.74, 6) is 0. The Morgan fingerprint density at radius 1 is 1.54 bits per heavy atom. The normalized spacial score (nSPS) is 24.9. The van der Waals surface area contributed by atoms with Crippen molar-refractivity contribution >= 4 is 0 Å². The topological polar surface area (TPSA) is 26.7 Å². The van der Waals surface area contributed by atoms with Crippen LogP contribution in [0, 0.1) is 0 Å². The van der Waals surface area contributed by atoms with Gasteiger partial charge in [0.15, 0.2) is 0 Å². The van der Waals surface area contributed by atoms with E-state index in [1.54, 1.807) is 0 Å². The highest BCUT2D eigenvalue weighted by Gasteiger charge is 2.25. The highest BCUT2D eigenvalue weighted by atomic mass is 16.3. The number of likely N-dealkylation sites (N-methyl/N-ethyl adjacent to an activating group) is 1. The van der Waals surface area contributed by atoms with Crippen LogP contribution in [0.2, 0.25) is 0 Å². The Morgan fingerprint density at radius 2 is 2.23 bits per heavy atom. The van der Waals surface area contributed by atoms with Gasteiger partial charge in [0.25, 0.3) is 0 Å². The molecule has 0 saturated carbocycles. The Bertz CT molecular complexity index is 150. The first-order valence-corrected chi connectivity index (χ1v) is 5.20. The molecule has 0 aromatic rings. The van der Waals surface area contributed by atoms with E-state index in [1.165, 1.54) is 6.42 Å². The van der Waals surface area contributed by atoms with Gasteiger partial charge >= 0.3 is 0 Å². The van der Waals surface area contributed by atoms with Gasteiger partial charge in [0, 0.05) is 25.2 Å². The standard InChI is InChI=1S/C10H22N2O/c1-9(2)11(3)10-4-5-12(8-10)6-7-13/h9-10,13H,4-8H2,1-3H3/t10-/m0/s1. The Kier molecular flexibility index (Phi) is 4.16. The average Bonchev–Trinajstić information content (AvgIpc) is 2.52. The summed E-state index contributed by atoms with van der Waals surface area (Å²) in [4.78, 5) is 4.76. The fraction of sp³-hybridized carbons (Fsp3) is 1.00. The average molecular weight is 186 g/mol. The third kappa shape index (κ3) is 2.93. The molecule has 1 aliphatic heterocycles. The molecule has 1 atom stereocenters. The third-order valence-electron chi connectivity index (χ3n) is 3.05. The number of β-amino-alcohol motifs (C(OH)–C–C–N with tert-alkyl or cyclic N) is 1. The summed E-state index contributed by atoms with van der Waals surface area (Å²) < 4.78 is 0. The number of hydrogen-bond donors (Lipinski definition) is 1. The second-order valence-corrected chi connectivity index (χ2v) is 4.23. The Morgan fingerprint density at radius 3 is 2.77 bits per heavy atom. The van der Waals surface area contributed by atoms with Crippen molar-refractivity contribution in [3.8, 4) is 0 Å². The van der Waals surface area contributed by atoms with E-state index in [1.807, 2.05) is 0 Å². The largest absolute Gasteiger partial charge is 0.395 e. The van der Waals surface area contributed by atoms with Crippen LogP contribution in [-0.4, -0.2) is 60.3 Å². The smallest absolute Gasteiger partial charge is 0.0558 e. The summed E-state index contributed by atoms with van der Waals surface area (Å²) in [5.41, 5.74) is 0. The number of nitrogens with zero attached hydrogens (tertiary/aromatic N) is 2. The lowest BCUT2D eigenvalue weighted by atomic mass is 10.2. The van der Waals surface area contributed by atoms with Crippen molar-refractivity contribution in [1.82, 2.24) is 9.80 Å². The van der Waals surface area contributed by atoms with Crippen LogP contribution in [0.4, 0.5) is 0 Å². The first-order valence-electron chi connectivity index (χ1n) is 5.20. The summed E-state index contributed by atoms with van der Waals surface area (Å²) in [6, 6.07) is 1.31. The Hall–Kier alpha value is -0.120. The minimum Gasteiger partial charge on any atom is -0.395 e. The second kappa shape index (κ2) is 4.94. The molecule has 0 amide bonds. The molecule has 3 nitrogen and oxygen atoms in total. The van der Waals surface area contributed by atoms with Crippen molar-refractivity contribution in [2.75, 3.05) is 33.3 Å². The predicted molar refractivity (Wildman–Crippen MR) is 54.8 cm³/mol. The Balaban J connectivity index is 2.31. The van der Waals surface area contributed by atoms with Crippen LogP contribution in [-0.2, 0) is 0 Å². The van der Waals surface area contributed by atoms with Crippen molar-refractivity contribution in [2.45, 2.75) is 32.4 Å². The van der Waals surface area contributed by atoms with Gasteiger partial charge in [-0.05, 0) is 33.9 Å². The maximum atomic E-state index is 8.81. The molecule has 13 heavy (non-hydrogen) atoms. The zero-order valence-corrected chi connectivity index (χ0v) is 9.03. The van der Waals surface area contributed by atoms with Crippen molar-refractivity contribution in [3.63, 3.8) is 0 Å². The molecule has 1 fully saturated rings. The lowest BCUT2D eigenvalue weighted by Crippen LogP contribution is -2.39. The molecule has 0 aromatic carbocycles. The zero-order chi connectivity index (χ0) is 9.84. The number of aliphatic hydroxyl groups excluding tert-OH is 1. The molecule has 0 unspecified atom stereocenters. The van der Waals surface area contributed by atoms with Gasteiger partial charge < -0.3 is 5.11 Å². The summed E-state index contributed by atoms with van der Waals surface area (Å²) in [6.45, 7) is 7.85. The maximum Gasteiger partial charge on any atom is 0.0558 e. The molecule has 0 spiro atoms. The van der Waals surface area contributed by atoms with Gasteiger partial charge in [-0.1, -0.05) is 0 Å². The third-order valence-corrected chi connectivity index (χ3v) is 3.05. The fourth-order valence-corrected chi connectivity index (χ4v) is 1.91. The predicted octanol–water partition coefficient (Wildman–Crippen LogP) is 0.393. The highest BCUT2D eigenvalue weighted by Crippen LogP contribution is 2.15. The number of aliphatic hydroxyl groups is 1. The number of rotatable bonds is 4. The molecule has 0 bridgehead atoms. The van der Waals surface area contributed by atoms with Crippen LogP contribution in [0.1, 0.15) is 20.3 Å². The lowest BCUT2D eigenvalue weighted by Gasteiger charge is -2.28. The summed E-state index contributed by atoms with van der Waals surface area (Å²) in [7, 11) is 2.19. The van der Waals surface area contributed by atoms with Crippen LogP contribution in [0.15, 0.2) is 0 Å². The molecular weight excluding hydrogens is 164 g/mol. The van der Waals surface area contributed by atoms with Gasteiger partial charge in [0.2, 0.25) is 0 Å². The van der Waals surface area contributed by atoms with E-state index < -0.39 is 0 Å². The molecule has 3 heteroatoms. The van der Waals surface area contributed by atoms with E-state index >= 15 is 0 Å². The monoisotopic (exact) mass is 186 g/mol. The van der Waals surface area contributed by atoms with E-state index in [0.717, 1.165) is 19.6 Å². The number of likely N-dealkylation sites (tertiary alicyclic amines) is 1. The van der Waals surface area contributed by atoms with Crippen molar-refractivity contribution in [2.24, 2.45) is 0 Å². The van der Waals surface area contributed by atoms with Gasteiger partial charge in [0.05, 0.1) is 6.61 Å². The van der Waals surface area contributed by atoms with Crippen molar-refractivity contribution in [3.05, 3.63) is 0 Å². The molecule has 1 rings (SSSR count). The van der Waals surface area contributed by atoms with E-state index in [4.69, 9.17) is 5.11 Å². The minimum absolute atomic E-state index is 0.290. The molecule has 1 heterocycles. The molecule has 1 N–H and O–H groups in total. The van der Waals surface area contributed by atoms with E-state index in [0.29, 0.717) is 12.1 Å². The van der Waals surface area contributed by atoms with E-state index in [-0.39, 0.29) is 6.61 Å². The van der Waals surface area contributed by atoms with Crippen LogP contribution < -0.4 is 0 Å². The first kappa shape index (κ1) is 11.0. The SMILES string of the molecule is CC(C)N(C)[C@H]1CCN(CCO)C1. The van der Waals surface area contributed by atoms with Crippen LogP contribution >= 0.6 is 0 Å². The lowest BCUT2D eigenvalue weighted by molar-refractivity contribution is 0.178. The molecular formula is C10H22N2O. The van der Waals surface area contributed by atoms with Crippen molar-refractivity contribution in [1.29, 1.82) is 0 Å². The molecule has 78 valence electrons. The molecule has 0 radical (unpaired) electrons. The van der Waals surface area contributed by atoms with Gasteiger partial charge in [-0.2, -0.15) is 0 Å². The minimum atomic E-state index is 0.290. The van der Waals surface area contributed by atoms with Crippen LogP contribution in [0.3, 0.4) is 0 Å². The van der Waals surface area contributed by atoms with E-state index in [2.05, 4.69) is 30.7 Å². The first-order chi connectivity index (χ1) is 6.15. The zero-order valence-electron chi connectivity index (χ0n) is 9.03. The summed E-state index contributed by atoms with van der Waals surface area (Å²) in [6.07, 6.45) is 1.24. The Labute approximate surface area is 81.3 Å². The number of hydrogen-bond acceptors (Lipinski definition) is 3. The maximum absolute atomic E-state index is 8.81. The molecule has 0 aliphatic carbocycles. The van der Waals surface area contributed by atoms with Gasteiger partial charge in [-0.3, -0.25) is 9.80 Å². The van der Waals surface area contributed by atoms with Gasteiger partial charge in [0.1, 0.15) is 0 Å². The molecule has 1 aliphatic rings.